The van der Waals surface area contributed by atoms with Gasteiger partial charge in [0, 0.05) is 39.3 Å². The summed E-state index contributed by atoms with van der Waals surface area (Å²) >= 11 is 1.41. The molecule has 1 fully saturated rings. The molecule has 1 N–H and O–H groups in total. The molecule has 1 amide bonds. The molecule has 1 aliphatic heterocycles. The summed E-state index contributed by atoms with van der Waals surface area (Å²) in [6.07, 6.45) is -0.473. The molecule has 0 spiro atoms. The Hall–Kier alpha value is -1.15. The van der Waals surface area contributed by atoms with Gasteiger partial charge in [0.2, 0.25) is 0 Å². The number of piperazine rings is 1. The van der Waals surface area contributed by atoms with Crippen LogP contribution in [-0.4, -0.2) is 80.0 Å². The van der Waals surface area contributed by atoms with Gasteiger partial charge in [0.1, 0.15) is 10.6 Å². The highest BCUT2D eigenvalue weighted by atomic mass is 32.1. The summed E-state index contributed by atoms with van der Waals surface area (Å²) in [5.41, 5.74) is 0. The van der Waals surface area contributed by atoms with Gasteiger partial charge < -0.3 is 19.5 Å². The second kappa shape index (κ2) is 8.47. The summed E-state index contributed by atoms with van der Waals surface area (Å²) in [5, 5.41) is 11.7. The van der Waals surface area contributed by atoms with E-state index < -0.39 is 6.10 Å². The molecule has 0 saturated carbocycles. The first-order chi connectivity index (χ1) is 10.7. The van der Waals surface area contributed by atoms with Crippen molar-refractivity contribution < 1.29 is 19.4 Å². The fourth-order valence-corrected chi connectivity index (χ4v) is 3.32. The van der Waals surface area contributed by atoms with E-state index in [0.717, 1.165) is 13.1 Å². The van der Waals surface area contributed by atoms with Crippen molar-refractivity contribution in [2.45, 2.75) is 13.0 Å². The molecule has 1 saturated heterocycles. The first-order valence-corrected chi connectivity index (χ1v) is 8.42. The van der Waals surface area contributed by atoms with Crippen LogP contribution in [0, 0.1) is 0 Å². The molecule has 22 heavy (non-hydrogen) atoms. The highest BCUT2D eigenvalue weighted by Crippen LogP contribution is 2.26. The van der Waals surface area contributed by atoms with E-state index in [1.807, 2.05) is 23.3 Å². The van der Waals surface area contributed by atoms with Gasteiger partial charge in [0.05, 0.1) is 19.8 Å². The van der Waals surface area contributed by atoms with E-state index in [1.54, 1.807) is 7.11 Å². The number of ether oxygens (including phenoxy) is 2. The molecule has 1 unspecified atom stereocenters. The van der Waals surface area contributed by atoms with Crippen molar-refractivity contribution in [2.24, 2.45) is 0 Å². The molecular formula is C15H24N2O4S. The van der Waals surface area contributed by atoms with E-state index in [9.17, 15) is 9.90 Å². The van der Waals surface area contributed by atoms with E-state index in [-0.39, 0.29) is 5.91 Å². The fourth-order valence-electron chi connectivity index (χ4n) is 2.50. The molecule has 1 aromatic heterocycles. The number of nitrogens with zero attached hydrogens (tertiary/aromatic N) is 2. The van der Waals surface area contributed by atoms with Crippen molar-refractivity contribution in [3.05, 3.63) is 16.3 Å². The van der Waals surface area contributed by atoms with Crippen LogP contribution in [0.3, 0.4) is 0 Å². The first-order valence-electron chi connectivity index (χ1n) is 7.54. The molecule has 7 heteroatoms. The Labute approximate surface area is 135 Å². The van der Waals surface area contributed by atoms with E-state index >= 15 is 0 Å². The number of methoxy groups -OCH3 is 1. The van der Waals surface area contributed by atoms with Crippen LogP contribution in [0.15, 0.2) is 11.4 Å². The monoisotopic (exact) mass is 328 g/mol. The standard InChI is InChI=1S/C15H24N2O4S/c1-3-21-11-12(18)10-16-5-7-17(8-6-16)15(19)14-13(20-2)4-9-22-14/h4,9,12,18H,3,5-8,10-11H2,1-2H3. The molecule has 2 heterocycles. The molecule has 6 nitrogen and oxygen atoms in total. The number of hydrogen-bond acceptors (Lipinski definition) is 6. The van der Waals surface area contributed by atoms with Crippen LogP contribution in [-0.2, 0) is 4.74 Å². The van der Waals surface area contributed by atoms with Crippen molar-refractivity contribution in [3.63, 3.8) is 0 Å². The summed E-state index contributed by atoms with van der Waals surface area (Å²) in [4.78, 5) is 17.2. The second-order valence-electron chi connectivity index (χ2n) is 5.22. The van der Waals surface area contributed by atoms with Crippen molar-refractivity contribution in [2.75, 3.05) is 53.0 Å². The Bertz CT molecular complexity index is 472. The van der Waals surface area contributed by atoms with Gasteiger partial charge in [0.15, 0.2) is 0 Å². The van der Waals surface area contributed by atoms with E-state index in [0.29, 0.717) is 43.5 Å². The Morgan fingerprint density at radius 3 is 2.77 bits per heavy atom. The highest BCUT2D eigenvalue weighted by molar-refractivity contribution is 7.12. The Morgan fingerprint density at radius 2 is 2.14 bits per heavy atom. The van der Waals surface area contributed by atoms with Crippen LogP contribution in [0.2, 0.25) is 0 Å². The third kappa shape index (κ3) is 4.42. The van der Waals surface area contributed by atoms with Crippen LogP contribution < -0.4 is 4.74 Å². The molecule has 1 aliphatic rings. The SMILES string of the molecule is CCOCC(O)CN1CCN(C(=O)c2sccc2OC)CC1. The summed E-state index contributed by atoms with van der Waals surface area (Å²) < 4.78 is 10.4. The van der Waals surface area contributed by atoms with Gasteiger partial charge in [-0.05, 0) is 18.4 Å². The summed E-state index contributed by atoms with van der Waals surface area (Å²) in [7, 11) is 1.58. The zero-order valence-electron chi connectivity index (χ0n) is 13.2. The zero-order valence-corrected chi connectivity index (χ0v) is 14.0. The van der Waals surface area contributed by atoms with Crippen molar-refractivity contribution in [3.8, 4) is 5.75 Å². The van der Waals surface area contributed by atoms with Crippen LogP contribution in [0.25, 0.3) is 0 Å². The van der Waals surface area contributed by atoms with Gasteiger partial charge >= 0.3 is 0 Å². The van der Waals surface area contributed by atoms with Crippen molar-refractivity contribution >= 4 is 17.2 Å². The average molecular weight is 328 g/mol. The molecule has 1 aromatic rings. The molecular weight excluding hydrogens is 304 g/mol. The number of thiophene rings is 1. The minimum Gasteiger partial charge on any atom is -0.495 e. The van der Waals surface area contributed by atoms with Gasteiger partial charge in [-0.3, -0.25) is 9.69 Å². The minimum absolute atomic E-state index is 0.0290. The van der Waals surface area contributed by atoms with Gasteiger partial charge in [-0.25, -0.2) is 0 Å². The zero-order chi connectivity index (χ0) is 15.9. The number of amides is 1. The molecule has 2 rings (SSSR count). The number of aliphatic hydroxyl groups excluding tert-OH is 1. The number of carbonyl (C=O) groups is 1. The number of hydrogen-bond donors (Lipinski definition) is 1. The smallest absolute Gasteiger partial charge is 0.267 e. The third-order valence-electron chi connectivity index (χ3n) is 3.69. The third-order valence-corrected chi connectivity index (χ3v) is 4.57. The van der Waals surface area contributed by atoms with Crippen LogP contribution in [0.4, 0.5) is 0 Å². The van der Waals surface area contributed by atoms with Gasteiger partial charge in [-0.1, -0.05) is 0 Å². The number of rotatable bonds is 7. The highest BCUT2D eigenvalue weighted by Gasteiger charge is 2.25. The van der Waals surface area contributed by atoms with E-state index in [2.05, 4.69) is 4.90 Å². The predicted molar refractivity (Wildman–Crippen MR) is 85.7 cm³/mol. The lowest BCUT2D eigenvalue weighted by Crippen LogP contribution is -2.50. The summed E-state index contributed by atoms with van der Waals surface area (Å²) in [6.45, 7) is 6.35. The maximum absolute atomic E-state index is 12.5. The maximum Gasteiger partial charge on any atom is 0.267 e. The topological polar surface area (TPSA) is 62.2 Å². The predicted octanol–water partition coefficient (Wildman–Crippen LogP) is 0.912. The van der Waals surface area contributed by atoms with Gasteiger partial charge in [-0.15, -0.1) is 11.3 Å². The quantitative estimate of drug-likeness (QED) is 0.806. The molecule has 1 atom stereocenters. The molecule has 0 aliphatic carbocycles. The van der Waals surface area contributed by atoms with Gasteiger partial charge in [-0.2, -0.15) is 0 Å². The number of β-amino-alcohol motifs (C(OH)–C–C–N with tert-alkyl or cyclic N) is 1. The first kappa shape index (κ1) is 17.2. The van der Waals surface area contributed by atoms with Crippen LogP contribution >= 0.6 is 11.3 Å². The van der Waals surface area contributed by atoms with Crippen LogP contribution in [0.5, 0.6) is 5.75 Å². The molecule has 124 valence electrons. The van der Waals surface area contributed by atoms with E-state index in [1.165, 1.54) is 11.3 Å². The fraction of sp³-hybridized carbons (Fsp3) is 0.667. The average Bonchev–Trinajstić information content (AvgIpc) is 3.01. The second-order valence-corrected chi connectivity index (χ2v) is 6.14. The normalized spacial score (nSPS) is 17.5. The van der Waals surface area contributed by atoms with Crippen molar-refractivity contribution in [1.82, 2.24) is 9.80 Å². The lowest BCUT2D eigenvalue weighted by atomic mass is 10.2. The molecule has 0 aromatic carbocycles. The largest absolute Gasteiger partial charge is 0.495 e. The summed E-state index contributed by atoms with van der Waals surface area (Å²) in [5.74, 6) is 0.672. The van der Waals surface area contributed by atoms with E-state index in [4.69, 9.17) is 9.47 Å². The Balaban J connectivity index is 1.80. The minimum atomic E-state index is -0.473. The summed E-state index contributed by atoms with van der Waals surface area (Å²) in [6, 6.07) is 1.82. The maximum atomic E-state index is 12.5. The van der Waals surface area contributed by atoms with Gasteiger partial charge in [0.25, 0.3) is 5.91 Å². The van der Waals surface area contributed by atoms with Crippen molar-refractivity contribution in [1.29, 1.82) is 0 Å². The Kier molecular flexibility index (Phi) is 6.63. The molecule has 0 bridgehead atoms. The number of aliphatic hydroxyl groups is 1. The molecule has 0 radical (unpaired) electrons. The lowest BCUT2D eigenvalue weighted by Gasteiger charge is -2.35. The number of carbonyl (C=O) groups excluding carboxylic acids is 1. The lowest BCUT2D eigenvalue weighted by molar-refractivity contribution is 0.0111. The Morgan fingerprint density at radius 1 is 1.41 bits per heavy atom. The van der Waals surface area contributed by atoms with Crippen LogP contribution in [0.1, 0.15) is 16.6 Å².